The van der Waals surface area contributed by atoms with Crippen LogP contribution < -0.4 is 15.1 Å². The van der Waals surface area contributed by atoms with E-state index in [1.54, 1.807) is 17.0 Å². The molecule has 0 atom stereocenters. The molecule has 2 heterocycles. The molecule has 4 rings (SSSR count). The lowest BCUT2D eigenvalue weighted by Crippen LogP contribution is -2.53. The molecule has 158 valence electrons. The number of rotatable bonds is 3. The van der Waals surface area contributed by atoms with E-state index in [1.165, 1.54) is 17.0 Å². The van der Waals surface area contributed by atoms with Crippen LogP contribution in [0.5, 0.6) is 0 Å². The number of likely N-dealkylation sites (tertiary alicyclic amines) is 1. The molecule has 30 heavy (non-hydrogen) atoms. The molecule has 8 heteroatoms. The van der Waals surface area contributed by atoms with Crippen molar-refractivity contribution in [2.45, 2.75) is 25.4 Å². The number of hydrogen-bond donors (Lipinski definition) is 2. The minimum Gasteiger partial charge on any atom is -0.465 e. The summed E-state index contributed by atoms with van der Waals surface area (Å²) in [5, 5.41) is 12.1. The first kappa shape index (κ1) is 20.0. The van der Waals surface area contributed by atoms with Gasteiger partial charge in [0.2, 0.25) is 0 Å². The molecule has 0 saturated carbocycles. The van der Waals surface area contributed by atoms with Crippen molar-refractivity contribution in [2.75, 3.05) is 36.0 Å². The van der Waals surface area contributed by atoms with Gasteiger partial charge >= 0.3 is 12.1 Å². The van der Waals surface area contributed by atoms with Crippen LogP contribution in [0.2, 0.25) is 0 Å². The normalized spacial score (nSPS) is 16.9. The summed E-state index contributed by atoms with van der Waals surface area (Å²) in [6.45, 7) is 2.71. The molecule has 0 radical (unpaired) electrons. The second kappa shape index (κ2) is 8.61. The second-order valence-electron chi connectivity index (χ2n) is 7.68. The van der Waals surface area contributed by atoms with Crippen LogP contribution in [0.15, 0.2) is 48.5 Å². The number of nitrogens with zero attached hydrogens (tertiary/aromatic N) is 3. The van der Waals surface area contributed by atoms with Crippen LogP contribution >= 0.6 is 0 Å². The van der Waals surface area contributed by atoms with Gasteiger partial charge in [-0.2, -0.15) is 0 Å². The summed E-state index contributed by atoms with van der Waals surface area (Å²) in [5.41, 5.74) is 2.81. The van der Waals surface area contributed by atoms with Gasteiger partial charge in [-0.3, -0.25) is 4.90 Å². The number of piperidine rings is 1. The Morgan fingerprint density at radius 2 is 1.63 bits per heavy atom. The van der Waals surface area contributed by atoms with E-state index in [2.05, 4.69) is 10.2 Å². The summed E-state index contributed by atoms with van der Waals surface area (Å²) in [5.74, 6) is -0.255. The van der Waals surface area contributed by atoms with Gasteiger partial charge in [0.15, 0.2) is 0 Å². The molecule has 0 aromatic heterocycles. The number of nitrogens with one attached hydrogen (secondary N) is 1. The zero-order valence-corrected chi connectivity index (χ0v) is 16.6. The maximum atomic E-state index is 13.2. The van der Waals surface area contributed by atoms with Crippen molar-refractivity contribution in [1.82, 2.24) is 10.2 Å². The number of carbonyl (C=O) groups excluding carboxylic acids is 1. The van der Waals surface area contributed by atoms with Crippen LogP contribution in [0.25, 0.3) is 0 Å². The largest absolute Gasteiger partial charge is 0.465 e. The van der Waals surface area contributed by atoms with E-state index in [0.717, 1.165) is 16.9 Å². The fraction of sp³-hybridized carbons (Fsp3) is 0.364. The van der Waals surface area contributed by atoms with Crippen LogP contribution in [0.1, 0.15) is 18.4 Å². The Morgan fingerprint density at radius 3 is 2.30 bits per heavy atom. The zero-order chi connectivity index (χ0) is 21.1. The van der Waals surface area contributed by atoms with Gasteiger partial charge in [-0.05, 0) is 42.7 Å². The van der Waals surface area contributed by atoms with E-state index in [9.17, 15) is 14.0 Å². The van der Waals surface area contributed by atoms with Crippen molar-refractivity contribution < 1.29 is 19.1 Å². The molecule has 2 aliphatic rings. The van der Waals surface area contributed by atoms with E-state index in [0.29, 0.717) is 45.6 Å². The van der Waals surface area contributed by atoms with Crippen LogP contribution in [0.4, 0.5) is 25.4 Å². The standard InChI is InChI=1S/C22H25FN4O3/c23-17-7-5-16(6-8-17)15-26-13-14-27(20-4-2-1-3-19(20)26)21(28)24-18-9-11-25(12-10-18)22(29)30/h1-8,18H,9-15H2,(H,24,28)(H,29,30). The molecule has 0 unspecified atom stereocenters. The highest BCUT2D eigenvalue weighted by atomic mass is 19.1. The molecule has 1 saturated heterocycles. The molecule has 2 N–H and O–H groups in total. The van der Waals surface area contributed by atoms with E-state index >= 15 is 0 Å². The van der Waals surface area contributed by atoms with Crippen LogP contribution in [-0.2, 0) is 6.54 Å². The monoisotopic (exact) mass is 412 g/mol. The Kier molecular flexibility index (Phi) is 5.74. The second-order valence-corrected chi connectivity index (χ2v) is 7.68. The summed E-state index contributed by atoms with van der Waals surface area (Å²) in [6, 6.07) is 14.1. The average Bonchev–Trinajstić information content (AvgIpc) is 2.76. The molecule has 0 spiro atoms. The highest BCUT2D eigenvalue weighted by Crippen LogP contribution is 2.34. The molecule has 2 aromatic rings. The lowest BCUT2D eigenvalue weighted by atomic mass is 10.1. The van der Waals surface area contributed by atoms with Crippen molar-refractivity contribution in [3.63, 3.8) is 0 Å². The number of carboxylic acid groups (broad SMARTS) is 1. The number of amides is 3. The van der Waals surface area contributed by atoms with E-state index in [1.807, 2.05) is 24.3 Å². The van der Waals surface area contributed by atoms with E-state index < -0.39 is 6.09 Å². The fourth-order valence-corrected chi connectivity index (χ4v) is 4.07. The molecule has 1 fully saturated rings. The van der Waals surface area contributed by atoms with Gasteiger partial charge in [-0.25, -0.2) is 14.0 Å². The number of urea groups is 1. The third-order valence-electron chi connectivity index (χ3n) is 5.73. The molecule has 3 amide bonds. The van der Waals surface area contributed by atoms with Gasteiger partial charge < -0.3 is 20.2 Å². The van der Waals surface area contributed by atoms with Gasteiger partial charge in [0.25, 0.3) is 0 Å². The minimum atomic E-state index is -0.911. The predicted molar refractivity (Wildman–Crippen MR) is 112 cm³/mol. The molecule has 7 nitrogen and oxygen atoms in total. The highest BCUT2D eigenvalue weighted by molar-refractivity contribution is 5.97. The quantitative estimate of drug-likeness (QED) is 0.809. The Labute approximate surface area is 174 Å². The number of anilines is 2. The minimum absolute atomic E-state index is 0.0301. The maximum Gasteiger partial charge on any atom is 0.407 e. The number of halogens is 1. The predicted octanol–water partition coefficient (Wildman–Crippen LogP) is 3.50. The van der Waals surface area contributed by atoms with Crippen LogP contribution in [-0.4, -0.2) is 54.4 Å². The van der Waals surface area contributed by atoms with Gasteiger partial charge in [0.05, 0.1) is 11.4 Å². The third kappa shape index (κ3) is 4.32. The third-order valence-corrected chi connectivity index (χ3v) is 5.73. The number of carbonyl (C=O) groups is 2. The molecule has 0 bridgehead atoms. The summed E-state index contributed by atoms with van der Waals surface area (Å²) >= 11 is 0. The molecule has 2 aromatic carbocycles. The first-order chi connectivity index (χ1) is 14.5. The lowest BCUT2D eigenvalue weighted by Gasteiger charge is -2.39. The van der Waals surface area contributed by atoms with Crippen molar-refractivity contribution in [1.29, 1.82) is 0 Å². The van der Waals surface area contributed by atoms with Gasteiger partial charge in [0, 0.05) is 38.8 Å². The maximum absolute atomic E-state index is 13.2. The Hall–Kier alpha value is -3.29. The van der Waals surface area contributed by atoms with E-state index in [4.69, 9.17) is 5.11 Å². The summed E-state index contributed by atoms with van der Waals surface area (Å²) < 4.78 is 13.2. The van der Waals surface area contributed by atoms with E-state index in [-0.39, 0.29) is 17.9 Å². The van der Waals surface area contributed by atoms with Crippen LogP contribution in [0, 0.1) is 5.82 Å². The number of fused-ring (bicyclic) bond motifs is 1. The summed E-state index contributed by atoms with van der Waals surface area (Å²) in [6.07, 6.45) is 0.319. The SMILES string of the molecule is O=C(O)N1CCC(NC(=O)N2CCN(Cc3ccc(F)cc3)c3ccccc32)CC1. The smallest absolute Gasteiger partial charge is 0.407 e. The molecular formula is C22H25FN4O3. The van der Waals surface area contributed by atoms with Gasteiger partial charge in [-0.15, -0.1) is 0 Å². The summed E-state index contributed by atoms with van der Waals surface area (Å²) in [7, 11) is 0. The number of hydrogen-bond acceptors (Lipinski definition) is 3. The first-order valence-corrected chi connectivity index (χ1v) is 10.2. The Bertz CT molecular complexity index is 913. The number of benzene rings is 2. The molecular weight excluding hydrogens is 387 g/mol. The first-order valence-electron chi connectivity index (χ1n) is 10.2. The van der Waals surface area contributed by atoms with Gasteiger partial charge in [0.1, 0.15) is 5.82 Å². The topological polar surface area (TPSA) is 76.1 Å². The van der Waals surface area contributed by atoms with Crippen molar-refractivity contribution in [2.24, 2.45) is 0 Å². The van der Waals surface area contributed by atoms with Crippen molar-refractivity contribution in [3.05, 3.63) is 59.9 Å². The zero-order valence-electron chi connectivity index (χ0n) is 16.6. The molecule has 0 aliphatic carbocycles. The number of para-hydroxylation sites is 2. The van der Waals surface area contributed by atoms with Crippen molar-refractivity contribution >= 4 is 23.5 Å². The van der Waals surface area contributed by atoms with Crippen molar-refractivity contribution in [3.8, 4) is 0 Å². The van der Waals surface area contributed by atoms with Crippen LogP contribution in [0.3, 0.4) is 0 Å². The summed E-state index contributed by atoms with van der Waals surface area (Å²) in [4.78, 5) is 29.3. The molecule has 2 aliphatic heterocycles. The fourth-order valence-electron chi connectivity index (χ4n) is 4.07. The highest BCUT2D eigenvalue weighted by Gasteiger charge is 2.29. The average molecular weight is 412 g/mol. The lowest BCUT2D eigenvalue weighted by molar-refractivity contribution is 0.130. The van der Waals surface area contributed by atoms with Gasteiger partial charge in [-0.1, -0.05) is 24.3 Å². The Morgan fingerprint density at radius 1 is 0.967 bits per heavy atom. The Balaban J connectivity index is 1.43.